The lowest BCUT2D eigenvalue weighted by atomic mass is 10.2. The summed E-state index contributed by atoms with van der Waals surface area (Å²) < 4.78 is 44.8. The molecule has 2 heterocycles. The van der Waals surface area contributed by atoms with E-state index in [1.54, 1.807) is 24.4 Å². The number of fused-ring (bicyclic) bond motifs is 3. The quantitative estimate of drug-likeness (QED) is 0.385. The molecule has 4 rings (SSSR count). The number of carbonyl (C=O) groups is 1. The Hall–Kier alpha value is -3.35. The van der Waals surface area contributed by atoms with Crippen LogP contribution in [0.4, 0.5) is 13.2 Å². The Kier molecular flexibility index (Phi) is 3.64. The van der Waals surface area contributed by atoms with Crippen LogP contribution in [0.1, 0.15) is 15.9 Å². The van der Waals surface area contributed by atoms with E-state index >= 15 is 0 Å². The van der Waals surface area contributed by atoms with Crippen LogP contribution in [-0.2, 0) is 6.18 Å². The molecule has 0 radical (unpaired) electrons. The molecule has 0 bridgehead atoms. The first-order valence-electron chi connectivity index (χ1n) is 7.67. The lowest BCUT2D eigenvalue weighted by Crippen LogP contribution is -2.09. The second kappa shape index (κ2) is 5.87. The Morgan fingerprint density at radius 3 is 2.54 bits per heavy atom. The first-order chi connectivity index (χ1) is 12.4. The maximum Gasteiger partial charge on any atom is 0.416 e. The number of esters is 1. The van der Waals surface area contributed by atoms with Crippen molar-refractivity contribution in [1.82, 2.24) is 9.38 Å². The first kappa shape index (κ1) is 16.1. The van der Waals surface area contributed by atoms with Crippen LogP contribution in [0.5, 0.6) is 5.75 Å². The third kappa shape index (κ3) is 2.88. The van der Waals surface area contributed by atoms with Gasteiger partial charge < -0.3 is 9.14 Å². The van der Waals surface area contributed by atoms with Crippen molar-refractivity contribution in [2.75, 3.05) is 0 Å². The second-order valence-corrected chi connectivity index (χ2v) is 5.68. The van der Waals surface area contributed by atoms with Crippen molar-refractivity contribution in [2.24, 2.45) is 0 Å². The normalized spacial score (nSPS) is 11.8. The molecule has 0 amide bonds. The van der Waals surface area contributed by atoms with E-state index < -0.39 is 17.7 Å². The van der Waals surface area contributed by atoms with E-state index in [9.17, 15) is 18.0 Å². The highest BCUT2D eigenvalue weighted by Crippen LogP contribution is 2.30. The molecule has 26 heavy (non-hydrogen) atoms. The SMILES string of the molecule is O=C(Oc1ccc(C(F)(F)F)cc1)c1ccc2c(c1)ncc1cccn12. The number of rotatable bonds is 2. The summed E-state index contributed by atoms with van der Waals surface area (Å²) in [5.74, 6) is -0.627. The highest BCUT2D eigenvalue weighted by atomic mass is 19.4. The van der Waals surface area contributed by atoms with E-state index in [2.05, 4.69) is 4.98 Å². The number of aromatic nitrogens is 2. The van der Waals surface area contributed by atoms with Crippen LogP contribution in [0.2, 0.25) is 0 Å². The molecule has 0 unspecified atom stereocenters. The molecular formula is C19H11F3N2O2. The summed E-state index contributed by atoms with van der Waals surface area (Å²) in [6.45, 7) is 0. The average Bonchev–Trinajstić information content (AvgIpc) is 3.10. The van der Waals surface area contributed by atoms with E-state index in [0.29, 0.717) is 5.52 Å². The topological polar surface area (TPSA) is 43.6 Å². The van der Waals surface area contributed by atoms with Crippen LogP contribution in [-0.4, -0.2) is 15.4 Å². The fourth-order valence-electron chi connectivity index (χ4n) is 2.69. The van der Waals surface area contributed by atoms with Gasteiger partial charge in [0, 0.05) is 6.20 Å². The van der Waals surface area contributed by atoms with E-state index in [4.69, 9.17) is 4.74 Å². The molecule has 0 fully saturated rings. The molecule has 0 aliphatic carbocycles. The summed E-state index contributed by atoms with van der Waals surface area (Å²) in [7, 11) is 0. The van der Waals surface area contributed by atoms with Gasteiger partial charge in [-0.15, -0.1) is 0 Å². The molecule has 0 saturated carbocycles. The average molecular weight is 356 g/mol. The lowest BCUT2D eigenvalue weighted by molar-refractivity contribution is -0.137. The van der Waals surface area contributed by atoms with Crippen molar-refractivity contribution in [3.05, 3.63) is 78.1 Å². The zero-order chi connectivity index (χ0) is 18.3. The van der Waals surface area contributed by atoms with Gasteiger partial charge in [-0.05, 0) is 54.6 Å². The van der Waals surface area contributed by atoms with Gasteiger partial charge in [-0.25, -0.2) is 4.79 Å². The predicted molar refractivity (Wildman–Crippen MR) is 89.1 cm³/mol. The van der Waals surface area contributed by atoms with Gasteiger partial charge in [0.2, 0.25) is 0 Å². The first-order valence-corrected chi connectivity index (χ1v) is 7.67. The third-order valence-corrected chi connectivity index (χ3v) is 3.98. The van der Waals surface area contributed by atoms with Gasteiger partial charge in [0.05, 0.1) is 33.9 Å². The smallest absolute Gasteiger partial charge is 0.416 e. The standard InChI is InChI=1S/C19H11F3N2O2/c20-19(21,22)13-4-6-15(7-5-13)26-18(25)12-3-8-17-16(10-12)23-11-14-2-1-9-24(14)17/h1-11H. The van der Waals surface area contributed by atoms with E-state index in [1.807, 2.05) is 22.7 Å². The molecule has 2 aromatic carbocycles. The summed E-state index contributed by atoms with van der Waals surface area (Å²) in [6, 6.07) is 12.7. The van der Waals surface area contributed by atoms with Gasteiger partial charge in [-0.1, -0.05) is 0 Å². The molecule has 4 aromatic rings. The Labute approximate surface area is 145 Å². The molecule has 130 valence electrons. The number of carbonyl (C=O) groups excluding carboxylic acids is 1. The van der Waals surface area contributed by atoms with Crippen LogP contribution in [0.15, 0.2) is 67.0 Å². The van der Waals surface area contributed by atoms with Crippen molar-refractivity contribution >= 4 is 22.5 Å². The molecule has 7 heteroatoms. The van der Waals surface area contributed by atoms with Gasteiger partial charge in [0.1, 0.15) is 5.75 Å². The number of benzene rings is 2. The molecular weight excluding hydrogens is 345 g/mol. The van der Waals surface area contributed by atoms with Crippen LogP contribution in [0, 0.1) is 0 Å². The van der Waals surface area contributed by atoms with Crippen molar-refractivity contribution < 1.29 is 22.7 Å². The van der Waals surface area contributed by atoms with Crippen molar-refractivity contribution in [3.63, 3.8) is 0 Å². The maximum atomic E-state index is 12.6. The minimum Gasteiger partial charge on any atom is -0.423 e. The molecule has 2 aromatic heterocycles. The summed E-state index contributed by atoms with van der Waals surface area (Å²) in [5, 5.41) is 0. The number of hydrogen-bond acceptors (Lipinski definition) is 3. The Balaban J connectivity index is 1.60. The summed E-state index contributed by atoms with van der Waals surface area (Å²) in [5.41, 5.74) is 1.83. The van der Waals surface area contributed by atoms with Gasteiger partial charge in [-0.3, -0.25) is 4.98 Å². The largest absolute Gasteiger partial charge is 0.423 e. The van der Waals surface area contributed by atoms with E-state index in [-0.39, 0.29) is 11.3 Å². The number of nitrogens with zero attached hydrogens (tertiary/aromatic N) is 2. The zero-order valence-corrected chi connectivity index (χ0v) is 13.2. The lowest BCUT2D eigenvalue weighted by Gasteiger charge is -2.09. The minimum atomic E-state index is -4.43. The Morgan fingerprint density at radius 1 is 1.04 bits per heavy atom. The fourth-order valence-corrected chi connectivity index (χ4v) is 2.69. The highest BCUT2D eigenvalue weighted by Gasteiger charge is 2.30. The Morgan fingerprint density at radius 2 is 1.81 bits per heavy atom. The van der Waals surface area contributed by atoms with Gasteiger partial charge >= 0.3 is 12.1 Å². The number of alkyl halides is 3. The molecule has 0 aliphatic rings. The number of ether oxygens (including phenoxy) is 1. The number of hydrogen-bond donors (Lipinski definition) is 0. The highest BCUT2D eigenvalue weighted by molar-refractivity contribution is 5.95. The van der Waals surface area contributed by atoms with Crippen molar-refractivity contribution in [2.45, 2.75) is 6.18 Å². The fraction of sp³-hybridized carbons (Fsp3) is 0.0526. The second-order valence-electron chi connectivity index (χ2n) is 5.68. The van der Waals surface area contributed by atoms with Crippen LogP contribution in [0.25, 0.3) is 16.6 Å². The van der Waals surface area contributed by atoms with Crippen LogP contribution in [0.3, 0.4) is 0 Å². The predicted octanol–water partition coefficient (Wildman–Crippen LogP) is 4.73. The summed E-state index contributed by atoms with van der Waals surface area (Å²) in [6.07, 6.45) is -0.858. The molecule has 4 nitrogen and oxygen atoms in total. The third-order valence-electron chi connectivity index (χ3n) is 3.98. The van der Waals surface area contributed by atoms with Crippen LogP contribution >= 0.6 is 0 Å². The van der Waals surface area contributed by atoms with Gasteiger partial charge in [0.15, 0.2) is 0 Å². The van der Waals surface area contributed by atoms with E-state index in [0.717, 1.165) is 35.3 Å². The van der Waals surface area contributed by atoms with Crippen molar-refractivity contribution in [1.29, 1.82) is 0 Å². The number of halogens is 3. The molecule has 0 spiro atoms. The minimum absolute atomic E-state index is 0.0388. The summed E-state index contributed by atoms with van der Waals surface area (Å²) in [4.78, 5) is 16.6. The molecule has 0 saturated heterocycles. The maximum absolute atomic E-state index is 12.6. The van der Waals surface area contributed by atoms with Gasteiger partial charge in [0.25, 0.3) is 0 Å². The van der Waals surface area contributed by atoms with Gasteiger partial charge in [-0.2, -0.15) is 13.2 Å². The molecule has 0 atom stereocenters. The molecule has 0 N–H and O–H groups in total. The molecule has 0 aliphatic heterocycles. The zero-order valence-electron chi connectivity index (χ0n) is 13.2. The monoisotopic (exact) mass is 356 g/mol. The van der Waals surface area contributed by atoms with E-state index in [1.165, 1.54) is 0 Å². The van der Waals surface area contributed by atoms with Crippen molar-refractivity contribution in [3.8, 4) is 5.75 Å². The summed E-state index contributed by atoms with van der Waals surface area (Å²) >= 11 is 0. The van der Waals surface area contributed by atoms with Crippen LogP contribution < -0.4 is 4.74 Å². The Bertz CT molecular complexity index is 1120.